The van der Waals surface area contributed by atoms with Crippen molar-refractivity contribution in [3.05, 3.63) is 83.9 Å². The van der Waals surface area contributed by atoms with Crippen molar-refractivity contribution in [1.29, 1.82) is 0 Å². The predicted molar refractivity (Wildman–Crippen MR) is 108 cm³/mol. The molecule has 1 fully saturated rings. The van der Waals surface area contributed by atoms with Crippen molar-refractivity contribution in [1.82, 2.24) is 5.32 Å². The van der Waals surface area contributed by atoms with Gasteiger partial charge in [-0.15, -0.1) is 0 Å². The average molecular weight is 363 g/mol. The summed E-state index contributed by atoms with van der Waals surface area (Å²) >= 11 is 0. The smallest absolute Gasteiger partial charge is 0.335 e. The Hall–Kier alpha value is -2.69. The molecule has 4 rings (SSSR count). The molecule has 0 aliphatic carbocycles. The Morgan fingerprint density at radius 1 is 0.926 bits per heavy atom. The molecule has 1 saturated heterocycles. The van der Waals surface area contributed by atoms with Gasteiger partial charge in [-0.2, -0.15) is 0 Å². The van der Waals surface area contributed by atoms with E-state index >= 15 is 0 Å². The maximum Gasteiger partial charge on any atom is 0.335 e. The molecular weight excluding hydrogens is 338 g/mol. The number of benzene rings is 3. The Balaban J connectivity index is 0.000000197. The van der Waals surface area contributed by atoms with Gasteiger partial charge in [0.05, 0.1) is 18.3 Å². The van der Waals surface area contributed by atoms with E-state index in [2.05, 4.69) is 47.8 Å². The number of hydrogen-bond donors (Lipinski definition) is 2. The van der Waals surface area contributed by atoms with Gasteiger partial charge in [0.1, 0.15) is 0 Å². The third-order valence-electron chi connectivity index (χ3n) is 4.61. The maximum atomic E-state index is 10.2. The molecule has 3 aromatic carbocycles. The molecule has 0 unspecified atom stereocenters. The molecule has 4 heteroatoms. The fraction of sp³-hybridized carbons (Fsp3) is 0.261. The minimum Gasteiger partial charge on any atom is -0.478 e. The zero-order chi connectivity index (χ0) is 18.9. The van der Waals surface area contributed by atoms with Gasteiger partial charge in [0, 0.05) is 0 Å². The van der Waals surface area contributed by atoms with E-state index in [0.29, 0.717) is 11.7 Å². The summed E-state index contributed by atoms with van der Waals surface area (Å²) in [6.45, 7) is 2.90. The Kier molecular flexibility index (Phi) is 6.97. The van der Waals surface area contributed by atoms with E-state index in [-0.39, 0.29) is 0 Å². The summed E-state index contributed by atoms with van der Waals surface area (Å²) in [5.41, 5.74) is 1.60. The summed E-state index contributed by atoms with van der Waals surface area (Å²) in [6, 6.07) is 23.3. The largest absolute Gasteiger partial charge is 0.478 e. The summed E-state index contributed by atoms with van der Waals surface area (Å²) in [5.74, 6) is -0.879. The van der Waals surface area contributed by atoms with Crippen molar-refractivity contribution >= 4 is 16.7 Å². The lowest BCUT2D eigenvalue weighted by molar-refractivity contribution is 0.0213. The molecule has 0 saturated carbocycles. The van der Waals surface area contributed by atoms with Crippen molar-refractivity contribution in [2.75, 3.05) is 13.1 Å². The van der Waals surface area contributed by atoms with Gasteiger partial charge < -0.3 is 15.2 Å². The molecule has 0 atom stereocenters. The van der Waals surface area contributed by atoms with Crippen LogP contribution in [0.15, 0.2) is 72.8 Å². The van der Waals surface area contributed by atoms with Crippen LogP contribution < -0.4 is 5.32 Å². The first-order chi connectivity index (χ1) is 13.2. The van der Waals surface area contributed by atoms with Crippen molar-refractivity contribution in [3.8, 4) is 0 Å². The molecule has 0 radical (unpaired) electrons. The highest BCUT2D eigenvalue weighted by Gasteiger charge is 2.13. The third-order valence-corrected chi connectivity index (χ3v) is 4.61. The first-order valence-electron chi connectivity index (χ1n) is 9.31. The summed E-state index contributed by atoms with van der Waals surface area (Å²) in [6.07, 6.45) is 2.69. The number of carboxylic acid groups (broad SMARTS) is 1. The molecule has 0 spiro atoms. The molecule has 3 aromatic rings. The molecular formula is C23H25NO3. The molecule has 4 nitrogen and oxygen atoms in total. The number of carbonyl (C=O) groups is 1. The van der Waals surface area contributed by atoms with Crippen LogP contribution in [0.2, 0.25) is 0 Å². The van der Waals surface area contributed by atoms with Gasteiger partial charge >= 0.3 is 5.97 Å². The number of carboxylic acids is 1. The van der Waals surface area contributed by atoms with E-state index in [9.17, 15) is 4.79 Å². The van der Waals surface area contributed by atoms with E-state index < -0.39 is 5.97 Å². The van der Waals surface area contributed by atoms with Gasteiger partial charge in [0.15, 0.2) is 0 Å². The Bertz CT molecular complexity index is 858. The minimum atomic E-state index is -0.879. The van der Waals surface area contributed by atoms with Crippen LogP contribution in [0.3, 0.4) is 0 Å². The second-order valence-corrected chi connectivity index (χ2v) is 6.61. The van der Waals surface area contributed by atoms with E-state index in [4.69, 9.17) is 9.84 Å². The van der Waals surface area contributed by atoms with E-state index in [0.717, 1.165) is 32.5 Å². The average Bonchev–Trinajstić information content (AvgIpc) is 2.74. The van der Waals surface area contributed by atoms with Crippen molar-refractivity contribution in [2.24, 2.45) is 0 Å². The second kappa shape index (κ2) is 9.86. The monoisotopic (exact) mass is 363 g/mol. The van der Waals surface area contributed by atoms with E-state index in [1.807, 2.05) is 0 Å². The van der Waals surface area contributed by atoms with Gasteiger partial charge in [0.2, 0.25) is 0 Å². The number of nitrogens with one attached hydrogen (secondary N) is 1. The number of fused-ring (bicyclic) bond motifs is 1. The molecule has 0 aromatic heterocycles. The lowest BCUT2D eigenvalue weighted by atomic mass is 10.1. The zero-order valence-corrected chi connectivity index (χ0v) is 15.3. The lowest BCUT2D eigenvalue weighted by Gasteiger charge is -2.23. The number of aromatic carboxylic acids is 1. The molecule has 140 valence electrons. The second-order valence-electron chi connectivity index (χ2n) is 6.61. The minimum absolute atomic E-state index is 0.331. The van der Waals surface area contributed by atoms with Crippen LogP contribution in [0, 0.1) is 0 Å². The van der Waals surface area contributed by atoms with Crippen LogP contribution in [0.4, 0.5) is 0 Å². The predicted octanol–water partition coefficient (Wildman–Crippen LogP) is 4.49. The fourth-order valence-corrected chi connectivity index (χ4v) is 3.09. The Labute approximate surface area is 159 Å². The van der Waals surface area contributed by atoms with Gasteiger partial charge in [-0.3, -0.25) is 0 Å². The molecule has 1 aliphatic heterocycles. The van der Waals surface area contributed by atoms with E-state index in [1.165, 1.54) is 16.3 Å². The van der Waals surface area contributed by atoms with Crippen LogP contribution in [0.1, 0.15) is 28.8 Å². The van der Waals surface area contributed by atoms with Gasteiger partial charge in [-0.1, -0.05) is 54.6 Å². The number of piperidine rings is 1. The molecule has 2 N–H and O–H groups in total. The summed E-state index contributed by atoms with van der Waals surface area (Å²) in [5, 5.41) is 14.3. The molecule has 0 bridgehead atoms. The summed E-state index contributed by atoms with van der Waals surface area (Å²) < 4.78 is 5.98. The topological polar surface area (TPSA) is 58.6 Å². The van der Waals surface area contributed by atoms with Gasteiger partial charge in [-0.25, -0.2) is 4.79 Å². The molecule has 27 heavy (non-hydrogen) atoms. The quantitative estimate of drug-likeness (QED) is 0.717. The van der Waals surface area contributed by atoms with E-state index in [1.54, 1.807) is 30.3 Å². The lowest BCUT2D eigenvalue weighted by Crippen LogP contribution is -2.32. The summed E-state index contributed by atoms with van der Waals surface area (Å²) in [7, 11) is 0. The van der Waals surface area contributed by atoms with Crippen molar-refractivity contribution in [2.45, 2.75) is 25.6 Å². The SMILES string of the molecule is O=C(O)c1ccccc1.c1ccc2cc(COC3CCNCC3)ccc2c1. The van der Waals surface area contributed by atoms with Crippen LogP contribution in [0.25, 0.3) is 10.8 Å². The maximum absolute atomic E-state index is 10.2. The standard InChI is InChI=1S/C16H19NO.C7H6O2/c1-2-4-15-11-13(5-6-14(15)3-1)12-18-16-7-9-17-10-8-16;8-7(9)6-4-2-1-3-5-6/h1-6,11,16-17H,7-10,12H2;1-5H,(H,8,9). The fourth-order valence-electron chi connectivity index (χ4n) is 3.09. The first-order valence-corrected chi connectivity index (χ1v) is 9.31. The van der Waals surface area contributed by atoms with Crippen molar-refractivity contribution in [3.63, 3.8) is 0 Å². The normalized spacial score (nSPS) is 14.4. The first kappa shape index (κ1) is 19.1. The third kappa shape index (κ3) is 5.91. The molecule has 1 aliphatic rings. The Morgan fingerprint density at radius 2 is 1.59 bits per heavy atom. The molecule has 0 amide bonds. The van der Waals surface area contributed by atoms with Crippen LogP contribution in [-0.2, 0) is 11.3 Å². The number of rotatable bonds is 4. The van der Waals surface area contributed by atoms with Crippen LogP contribution in [0.5, 0.6) is 0 Å². The highest BCUT2D eigenvalue weighted by atomic mass is 16.5. The van der Waals surface area contributed by atoms with Crippen LogP contribution in [-0.4, -0.2) is 30.3 Å². The van der Waals surface area contributed by atoms with Crippen LogP contribution >= 0.6 is 0 Å². The van der Waals surface area contributed by atoms with Crippen molar-refractivity contribution < 1.29 is 14.6 Å². The zero-order valence-electron chi connectivity index (χ0n) is 15.3. The highest BCUT2D eigenvalue weighted by Crippen LogP contribution is 2.17. The summed E-state index contributed by atoms with van der Waals surface area (Å²) in [4.78, 5) is 10.2. The Morgan fingerprint density at radius 3 is 2.26 bits per heavy atom. The number of hydrogen-bond acceptors (Lipinski definition) is 3. The van der Waals surface area contributed by atoms with Gasteiger partial charge in [-0.05, 0) is 60.5 Å². The van der Waals surface area contributed by atoms with Gasteiger partial charge in [0.25, 0.3) is 0 Å². The number of ether oxygens (including phenoxy) is 1. The highest BCUT2D eigenvalue weighted by molar-refractivity contribution is 5.87. The molecule has 1 heterocycles.